The van der Waals surface area contributed by atoms with E-state index in [9.17, 15) is 0 Å². The summed E-state index contributed by atoms with van der Waals surface area (Å²) in [5.41, 5.74) is 7.39. The van der Waals surface area contributed by atoms with Crippen LogP contribution in [-0.4, -0.2) is 9.97 Å². The number of hydrogen-bond donors (Lipinski definition) is 0. The maximum absolute atomic E-state index is 4.86. The summed E-state index contributed by atoms with van der Waals surface area (Å²) >= 11 is 4.12. The minimum Gasteiger partial charge on any atom is -0.255 e. The van der Waals surface area contributed by atoms with Gasteiger partial charge in [-0.3, -0.25) is 9.97 Å². The Morgan fingerprint density at radius 3 is 1.17 bits per heavy atom. The van der Waals surface area contributed by atoms with Crippen LogP contribution in [0.15, 0.2) is 48.8 Å². The molecule has 0 fully saturated rings. The molecule has 4 rings (SSSR count). The third-order valence-corrected chi connectivity index (χ3v) is 11.7. The summed E-state index contributed by atoms with van der Waals surface area (Å²) in [6.07, 6.45) is 29.7. The number of aromatic nitrogens is 2. The van der Waals surface area contributed by atoms with Crippen LogP contribution in [-0.2, 0) is 25.7 Å². The lowest BCUT2D eigenvalue weighted by atomic mass is 10.00. The molecule has 0 aliphatic rings. The Labute approximate surface area is 289 Å². The molecule has 0 N–H and O–H groups in total. The SMILES string of the molecule is CCCCCCc1cc(-c2ccnc(-c3cc(-c4cc(CCCCCC)sc4CCCCCC)ccn3)c2)c(CCCCCC)s1. The lowest BCUT2D eigenvalue weighted by molar-refractivity contribution is 0.670. The molecule has 0 radical (unpaired) electrons. The minimum atomic E-state index is 0.978. The summed E-state index contributed by atoms with van der Waals surface area (Å²) in [5, 5.41) is 0. The second-order valence-electron chi connectivity index (χ2n) is 13.2. The van der Waals surface area contributed by atoms with Crippen LogP contribution >= 0.6 is 22.7 Å². The summed E-state index contributed by atoms with van der Waals surface area (Å²) in [5.74, 6) is 0. The van der Waals surface area contributed by atoms with E-state index in [1.807, 2.05) is 12.4 Å². The average molecular weight is 657 g/mol. The van der Waals surface area contributed by atoms with Gasteiger partial charge < -0.3 is 0 Å². The highest BCUT2D eigenvalue weighted by molar-refractivity contribution is 7.12. The van der Waals surface area contributed by atoms with Crippen LogP contribution in [0.3, 0.4) is 0 Å². The quantitative estimate of drug-likeness (QED) is 0.0743. The first-order valence-electron chi connectivity index (χ1n) is 18.8. The van der Waals surface area contributed by atoms with Crippen molar-refractivity contribution in [3.8, 4) is 33.6 Å². The topological polar surface area (TPSA) is 25.8 Å². The molecule has 0 spiro atoms. The van der Waals surface area contributed by atoms with E-state index in [4.69, 9.17) is 9.97 Å². The van der Waals surface area contributed by atoms with E-state index in [2.05, 4.69) is 86.8 Å². The zero-order chi connectivity index (χ0) is 32.4. The Kier molecular flexibility index (Phi) is 16.5. The number of pyridine rings is 2. The summed E-state index contributed by atoms with van der Waals surface area (Å²) < 4.78 is 0. The minimum absolute atomic E-state index is 0.978. The smallest absolute Gasteiger partial charge is 0.0892 e. The van der Waals surface area contributed by atoms with Gasteiger partial charge in [0.2, 0.25) is 0 Å². The summed E-state index contributed by atoms with van der Waals surface area (Å²) in [6, 6.07) is 14.0. The van der Waals surface area contributed by atoms with Gasteiger partial charge in [-0.05, 0) is 110 Å². The van der Waals surface area contributed by atoms with Crippen LogP contribution in [0.4, 0.5) is 0 Å². The third kappa shape index (κ3) is 11.4. The van der Waals surface area contributed by atoms with Gasteiger partial charge in [-0.2, -0.15) is 0 Å². The van der Waals surface area contributed by atoms with Gasteiger partial charge in [0.25, 0.3) is 0 Å². The van der Waals surface area contributed by atoms with Gasteiger partial charge in [-0.15, -0.1) is 22.7 Å². The highest BCUT2D eigenvalue weighted by atomic mass is 32.1. The summed E-state index contributed by atoms with van der Waals surface area (Å²) in [6.45, 7) is 9.19. The predicted octanol–water partition coefficient (Wildman–Crippen LogP) is 14.1. The average Bonchev–Trinajstić information content (AvgIpc) is 3.69. The first-order valence-corrected chi connectivity index (χ1v) is 20.5. The molecule has 0 aliphatic carbocycles. The van der Waals surface area contributed by atoms with Crippen molar-refractivity contribution in [2.45, 2.75) is 156 Å². The first kappa shape index (κ1) is 36.5. The molecule has 0 unspecified atom stereocenters. The molecule has 4 heterocycles. The standard InChI is InChI=1S/C42H60N2S2/c1-5-9-13-17-21-35-31-37(41(45-35)23-19-15-11-7-3)33-25-27-43-39(29-33)40-30-34(26-28-44-40)38-32-36(22-18-14-10-6-2)46-42(38)24-20-16-12-8-4/h25-32H,5-24H2,1-4H3. The molecule has 0 atom stereocenters. The van der Waals surface area contributed by atoms with Crippen molar-refractivity contribution in [1.29, 1.82) is 0 Å². The van der Waals surface area contributed by atoms with Gasteiger partial charge in [0.05, 0.1) is 11.4 Å². The summed E-state index contributed by atoms with van der Waals surface area (Å²) in [7, 11) is 0. The van der Waals surface area contributed by atoms with Gasteiger partial charge in [-0.25, -0.2) is 0 Å². The predicted molar refractivity (Wildman–Crippen MR) is 205 cm³/mol. The fraction of sp³-hybridized carbons (Fsp3) is 0.571. The lowest BCUT2D eigenvalue weighted by Crippen LogP contribution is -1.92. The van der Waals surface area contributed by atoms with Crippen molar-refractivity contribution in [1.82, 2.24) is 9.97 Å². The largest absolute Gasteiger partial charge is 0.255 e. The van der Waals surface area contributed by atoms with Gasteiger partial charge in [0, 0.05) is 31.9 Å². The fourth-order valence-electron chi connectivity index (χ4n) is 6.43. The Morgan fingerprint density at radius 2 is 0.804 bits per heavy atom. The Hall–Kier alpha value is -2.30. The van der Waals surface area contributed by atoms with Crippen molar-refractivity contribution in [2.75, 3.05) is 0 Å². The molecule has 0 aromatic carbocycles. The van der Waals surface area contributed by atoms with Crippen molar-refractivity contribution >= 4 is 22.7 Å². The number of rotatable bonds is 23. The van der Waals surface area contributed by atoms with E-state index in [1.165, 1.54) is 151 Å². The Morgan fingerprint density at radius 1 is 0.435 bits per heavy atom. The molecule has 0 amide bonds. The van der Waals surface area contributed by atoms with Gasteiger partial charge in [0.15, 0.2) is 0 Å². The molecule has 46 heavy (non-hydrogen) atoms. The maximum Gasteiger partial charge on any atom is 0.0892 e. The van der Waals surface area contributed by atoms with Crippen LogP contribution in [0.5, 0.6) is 0 Å². The number of nitrogens with zero attached hydrogens (tertiary/aromatic N) is 2. The van der Waals surface area contributed by atoms with Gasteiger partial charge in [0.1, 0.15) is 0 Å². The molecular formula is C42H60N2S2. The zero-order valence-corrected chi connectivity index (χ0v) is 31.1. The maximum atomic E-state index is 4.86. The van der Waals surface area contributed by atoms with Crippen LogP contribution < -0.4 is 0 Å². The second-order valence-corrected chi connectivity index (χ2v) is 15.6. The lowest BCUT2D eigenvalue weighted by Gasteiger charge is -2.09. The van der Waals surface area contributed by atoms with Crippen LogP contribution in [0.25, 0.3) is 33.6 Å². The summed E-state index contributed by atoms with van der Waals surface area (Å²) in [4.78, 5) is 15.9. The van der Waals surface area contributed by atoms with Crippen LogP contribution in [0.2, 0.25) is 0 Å². The number of unbranched alkanes of at least 4 members (excludes halogenated alkanes) is 12. The van der Waals surface area contributed by atoms with Crippen LogP contribution in [0, 0.1) is 0 Å². The van der Waals surface area contributed by atoms with Crippen LogP contribution in [0.1, 0.15) is 150 Å². The molecular weight excluding hydrogens is 597 g/mol. The molecule has 0 saturated carbocycles. The van der Waals surface area contributed by atoms with Crippen molar-refractivity contribution in [2.24, 2.45) is 0 Å². The molecule has 4 heteroatoms. The van der Waals surface area contributed by atoms with E-state index in [-0.39, 0.29) is 0 Å². The van der Waals surface area contributed by atoms with E-state index >= 15 is 0 Å². The zero-order valence-electron chi connectivity index (χ0n) is 29.5. The molecule has 250 valence electrons. The molecule has 0 aliphatic heterocycles. The van der Waals surface area contributed by atoms with Crippen molar-refractivity contribution in [3.63, 3.8) is 0 Å². The highest BCUT2D eigenvalue weighted by Crippen LogP contribution is 2.37. The third-order valence-electron chi connectivity index (χ3n) is 9.19. The first-order chi connectivity index (χ1) is 22.7. The van der Waals surface area contributed by atoms with E-state index in [1.54, 1.807) is 19.5 Å². The van der Waals surface area contributed by atoms with Gasteiger partial charge in [-0.1, -0.05) is 105 Å². The van der Waals surface area contributed by atoms with E-state index in [0.717, 1.165) is 11.4 Å². The number of thiophene rings is 2. The molecule has 0 saturated heterocycles. The Balaban J connectivity index is 1.59. The number of hydrogen-bond acceptors (Lipinski definition) is 4. The Bertz CT molecular complexity index is 1310. The monoisotopic (exact) mass is 656 g/mol. The van der Waals surface area contributed by atoms with E-state index in [0.29, 0.717) is 0 Å². The normalized spacial score (nSPS) is 11.5. The fourth-order valence-corrected chi connectivity index (χ4v) is 8.97. The molecule has 4 aromatic rings. The van der Waals surface area contributed by atoms with Crippen molar-refractivity contribution in [3.05, 3.63) is 68.3 Å². The number of aryl methyl sites for hydroxylation is 4. The highest BCUT2D eigenvalue weighted by Gasteiger charge is 2.15. The van der Waals surface area contributed by atoms with Crippen molar-refractivity contribution < 1.29 is 0 Å². The van der Waals surface area contributed by atoms with E-state index < -0.39 is 0 Å². The molecule has 0 bridgehead atoms. The molecule has 4 aromatic heterocycles. The van der Waals surface area contributed by atoms with Gasteiger partial charge >= 0.3 is 0 Å². The molecule has 2 nitrogen and oxygen atoms in total. The second kappa shape index (κ2) is 20.8.